The van der Waals surface area contributed by atoms with Crippen molar-refractivity contribution in [3.05, 3.63) is 36.2 Å². The van der Waals surface area contributed by atoms with Gasteiger partial charge < -0.3 is 14.9 Å². The highest BCUT2D eigenvalue weighted by atomic mass is 16.5. The maximum absolute atomic E-state index is 8.77. The van der Waals surface area contributed by atoms with Gasteiger partial charge in [-0.05, 0) is 12.2 Å². The van der Waals surface area contributed by atoms with Crippen LogP contribution in [0.4, 0.5) is 0 Å². The number of aliphatic hydroxyl groups is 2. The van der Waals surface area contributed by atoms with Crippen LogP contribution in [0.2, 0.25) is 0 Å². The third-order valence-corrected chi connectivity index (χ3v) is 0.853. The molecule has 3 nitrogen and oxygen atoms in total. The third kappa shape index (κ3) is 1.25. The van der Waals surface area contributed by atoms with E-state index < -0.39 is 0 Å². The Morgan fingerprint density at radius 2 is 2.00 bits per heavy atom. The SMILES string of the molecule is OC1=CC=COC=C1O. The largest absolute Gasteiger partial charge is 0.504 e. The van der Waals surface area contributed by atoms with Crippen LogP contribution in [0.5, 0.6) is 0 Å². The summed E-state index contributed by atoms with van der Waals surface area (Å²) in [5, 5.41) is 17.5. The average Bonchev–Trinajstić information content (AvgIpc) is 1.99. The lowest BCUT2D eigenvalue weighted by Gasteiger charge is -1.92. The third-order valence-electron chi connectivity index (χ3n) is 0.853. The second kappa shape index (κ2) is 2.26. The van der Waals surface area contributed by atoms with Crippen molar-refractivity contribution in [1.29, 1.82) is 0 Å². The van der Waals surface area contributed by atoms with Crippen LogP contribution in [-0.2, 0) is 4.74 Å². The molecule has 0 amide bonds. The fourth-order valence-corrected chi connectivity index (χ4v) is 0.425. The van der Waals surface area contributed by atoms with Crippen LogP contribution in [0.15, 0.2) is 36.2 Å². The predicted octanol–water partition coefficient (Wildman–Crippen LogP) is 1.37. The second-order valence-electron chi connectivity index (χ2n) is 1.52. The molecule has 48 valence electrons. The molecule has 0 aromatic rings. The van der Waals surface area contributed by atoms with Crippen molar-refractivity contribution in [2.75, 3.05) is 0 Å². The van der Waals surface area contributed by atoms with Gasteiger partial charge in [-0.3, -0.25) is 0 Å². The van der Waals surface area contributed by atoms with Crippen molar-refractivity contribution >= 4 is 0 Å². The van der Waals surface area contributed by atoms with Crippen LogP contribution in [-0.4, -0.2) is 10.2 Å². The van der Waals surface area contributed by atoms with Crippen molar-refractivity contribution in [2.24, 2.45) is 0 Å². The quantitative estimate of drug-likeness (QED) is 0.515. The zero-order valence-electron chi connectivity index (χ0n) is 4.61. The summed E-state index contributed by atoms with van der Waals surface area (Å²) < 4.78 is 4.57. The summed E-state index contributed by atoms with van der Waals surface area (Å²) in [4.78, 5) is 0. The maximum atomic E-state index is 8.77. The molecule has 2 N–H and O–H groups in total. The topological polar surface area (TPSA) is 49.7 Å². The monoisotopic (exact) mass is 126 g/mol. The molecule has 0 atom stereocenters. The van der Waals surface area contributed by atoms with Crippen LogP contribution in [0.3, 0.4) is 0 Å². The molecule has 0 unspecified atom stereocenters. The number of aliphatic hydroxyl groups excluding tert-OH is 2. The Morgan fingerprint density at radius 1 is 1.22 bits per heavy atom. The molecule has 3 heteroatoms. The zero-order chi connectivity index (χ0) is 6.69. The molecule has 1 rings (SSSR count). The first-order chi connectivity index (χ1) is 4.30. The molecule has 1 aliphatic heterocycles. The Labute approximate surface area is 52.2 Å². The summed E-state index contributed by atoms with van der Waals surface area (Å²) in [5.41, 5.74) is 0. The Morgan fingerprint density at radius 3 is 2.78 bits per heavy atom. The number of hydrogen-bond donors (Lipinski definition) is 2. The molecule has 0 saturated heterocycles. The predicted molar refractivity (Wildman–Crippen MR) is 31.6 cm³/mol. The molecule has 0 fully saturated rings. The first kappa shape index (κ1) is 5.75. The van der Waals surface area contributed by atoms with Crippen LogP contribution in [0.25, 0.3) is 0 Å². The van der Waals surface area contributed by atoms with Gasteiger partial charge in [-0.15, -0.1) is 0 Å². The van der Waals surface area contributed by atoms with Gasteiger partial charge in [0.2, 0.25) is 0 Å². The molecular weight excluding hydrogens is 120 g/mol. The smallest absolute Gasteiger partial charge is 0.193 e. The molecule has 0 aromatic heterocycles. The first-order valence-electron chi connectivity index (χ1n) is 2.41. The summed E-state index contributed by atoms with van der Waals surface area (Å²) in [5.74, 6) is -0.455. The summed E-state index contributed by atoms with van der Waals surface area (Å²) in [6.07, 6.45) is 5.21. The zero-order valence-corrected chi connectivity index (χ0v) is 4.61. The highest BCUT2D eigenvalue weighted by Crippen LogP contribution is 2.05. The molecular formula is C6H6O3. The van der Waals surface area contributed by atoms with Crippen molar-refractivity contribution in [3.8, 4) is 0 Å². The summed E-state index contributed by atoms with van der Waals surface area (Å²) in [6, 6.07) is 0. The minimum Gasteiger partial charge on any atom is -0.504 e. The van der Waals surface area contributed by atoms with E-state index in [2.05, 4.69) is 4.74 Å². The van der Waals surface area contributed by atoms with E-state index in [4.69, 9.17) is 10.2 Å². The molecule has 0 aromatic carbocycles. The van der Waals surface area contributed by atoms with Gasteiger partial charge in [0.1, 0.15) is 6.26 Å². The molecule has 0 saturated carbocycles. The van der Waals surface area contributed by atoms with Crippen LogP contribution < -0.4 is 0 Å². The van der Waals surface area contributed by atoms with Gasteiger partial charge in [-0.1, -0.05) is 0 Å². The molecule has 9 heavy (non-hydrogen) atoms. The van der Waals surface area contributed by atoms with E-state index in [0.717, 1.165) is 6.26 Å². The lowest BCUT2D eigenvalue weighted by molar-refractivity contribution is 0.298. The second-order valence-corrected chi connectivity index (χ2v) is 1.52. The van der Waals surface area contributed by atoms with Gasteiger partial charge in [-0.2, -0.15) is 0 Å². The summed E-state index contributed by atoms with van der Waals surface area (Å²) >= 11 is 0. The normalized spacial score (nSPS) is 17.3. The average molecular weight is 126 g/mol. The fourth-order valence-electron chi connectivity index (χ4n) is 0.425. The van der Waals surface area contributed by atoms with Gasteiger partial charge in [0.25, 0.3) is 0 Å². The molecule has 0 spiro atoms. The van der Waals surface area contributed by atoms with Gasteiger partial charge in [0.05, 0.1) is 6.26 Å². The van der Waals surface area contributed by atoms with Gasteiger partial charge in [-0.25, -0.2) is 0 Å². The number of hydrogen-bond acceptors (Lipinski definition) is 3. The molecule has 0 aliphatic carbocycles. The van der Waals surface area contributed by atoms with Crippen molar-refractivity contribution < 1.29 is 14.9 Å². The summed E-state index contributed by atoms with van der Waals surface area (Å²) in [6.45, 7) is 0. The van der Waals surface area contributed by atoms with E-state index in [1.54, 1.807) is 0 Å². The van der Waals surface area contributed by atoms with Crippen molar-refractivity contribution in [1.82, 2.24) is 0 Å². The van der Waals surface area contributed by atoms with E-state index in [-0.39, 0.29) is 11.5 Å². The van der Waals surface area contributed by atoms with E-state index in [0.29, 0.717) is 0 Å². The van der Waals surface area contributed by atoms with Crippen LogP contribution in [0, 0.1) is 0 Å². The van der Waals surface area contributed by atoms with E-state index in [1.165, 1.54) is 18.4 Å². The lowest BCUT2D eigenvalue weighted by atomic mass is 10.4. The number of rotatable bonds is 0. The molecule has 1 aliphatic rings. The first-order valence-corrected chi connectivity index (χ1v) is 2.41. The van der Waals surface area contributed by atoms with E-state index in [1.807, 2.05) is 0 Å². The van der Waals surface area contributed by atoms with Gasteiger partial charge in [0.15, 0.2) is 11.5 Å². The van der Waals surface area contributed by atoms with Crippen LogP contribution >= 0.6 is 0 Å². The molecule has 1 heterocycles. The number of allylic oxidation sites excluding steroid dienone is 2. The van der Waals surface area contributed by atoms with E-state index >= 15 is 0 Å². The van der Waals surface area contributed by atoms with Gasteiger partial charge >= 0.3 is 0 Å². The van der Waals surface area contributed by atoms with Crippen molar-refractivity contribution in [2.45, 2.75) is 0 Å². The van der Waals surface area contributed by atoms with Crippen molar-refractivity contribution in [3.63, 3.8) is 0 Å². The highest BCUT2D eigenvalue weighted by molar-refractivity contribution is 5.22. The molecule has 0 radical (unpaired) electrons. The van der Waals surface area contributed by atoms with Gasteiger partial charge in [0, 0.05) is 0 Å². The molecule has 0 bridgehead atoms. The summed E-state index contributed by atoms with van der Waals surface area (Å²) in [7, 11) is 0. The Bertz CT molecular complexity index is 188. The Hall–Kier alpha value is -1.38. The highest BCUT2D eigenvalue weighted by Gasteiger charge is 1.99. The Kier molecular flexibility index (Phi) is 1.44. The van der Waals surface area contributed by atoms with Crippen LogP contribution in [0.1, 0.15) is 0 Å². The minimum absolute atomic E-state index is 0.191. The fraction of sp³-hybridized carbons (Fsp3) is 0. The number of ether oxygens (including phenoxy) is 1. The maximum Gasteiger partial charge on any atom is 0.193 e. The standard InChI is InChI=1S/C6H6O3/c7-5-2-1-3-9-4-6(5)8/h1-4,7-8H. The van der Waals surface area contributed by atoms with E-state index in [9.17, 15) is 0 Å². The minimum atomic E-state index is -0.264. The Balaban J connectivity index is 2.85. The lowest BCUT2D eigenvalue weighted by Crippen LogP contribution is -1.84.